The van der Waals surface area contributed by atoms with E-state index in [2.05, 4.69) is 20.8 Å². The second-order valence-electron chi connectivity index (χ2n) is 5.99. The number of Topliss-reactive ketones (excluding diaryl/α,β-unsaturated/α-hetero) is 1. The number of rotatable bonds is 6. The van der Waals surface area contributed by atoms with E-state index in [1.165, 1.54) is 0 Å². The quantitative estimate of drug-likeness (QED) is 0.549. The maximum Gasteiger partial charge on any atom is 0.218 e. The van der Waals surface area contributed by atoms with E-state index < -0.39 is 11.8 Å². The molecule has 2 aromatic carbocycles. The second-order valence-corrected chi connectivity index (χ2v) is 6.90. The van der Waals surface area contributed by atoms with Crippen molar-refractivity contribution in [2.45, 2.75) is 12.6 Å². The monoisotopic (exact) mass is 402 g/mol. The molecule has 1 saturated heterocycles. The molecule has 1 fully saturated rings. The molecule has 0 radical (unpaired) electrons. The minimum absolute atomic E-state index is 0.393. The summed E-state index contributed by atoms with van der Waals surface area (Å²) in [7, 11) is 1.64. The van der Waals surface area contributed by atoms with E-state index in [1.807, 2.05) is 53.4 Å². The summed E-state index contributed by atoms with van der Waals surface area (Å²) >= 11 is 3.42. The molecule has 3 rings (SSSR count). The number of anilines is 1. The Bertz CT molecular complexity index is 764. The van der Waals surface area contributed by atoms with Crippen molar-refractivity contribution in [3.05, 3.63) is 58.6 Å². The second kappa shape index (κ2) is 7.80. The number of ketones is 1. The zero-order valence-electron chi connectivity index (χ0n) is 13.9. The highest BCUT2D eigenvalue weighted by Gasteiger charge is 2.35. The fourth-order valence-corrected chi connectivity index (χ4v) is 3.34. The van der Waals surface area contributed by atoms with Crippen LogP contribution in [-0.2, 0) is 16.1 Å². The zero-order valence-corrected chi connectivity index (χ0v) is 15.5. The number of benzene rings is 2. The molecule has 0 aliphatic carbocycles. The molecular weight excluding hydrogens is 384 g/mol. The third kappa shape index (κ3) is 4.08. The lowest BCUT2D eigenvalue weighted by Gasteiger charge is -2.23. The fraction of sp³-hybridized carbons (Fsp3) is 0.263. The van der Waals surface area contributed by atoms with E-state index in [1.54, 1.807) is 7.11 Å². The number of carbonyl (C=O) groups is 2. The van der Waals surface area contributed by atoms with Gasteiger partial charge in [-0.1, -0.05) is 28.1 Å². The zero-order chi connectivity index (χ0) is 17.8. The summed E-state index contributed by atoms with van der Waals surface area (Å²) in [6.45, 7) is 1.79. The first-order valence-electron chi connectivity index (χ1n) is 7.97. The summed E-state index contributed by atoms with van der Waals surface area (Å²) in [5.74, 6) is 0.415. The van der Waals surface area contributed by atoms with Gasteiger partial charge in [-0.2, -0.15) is 0 Å². The number of aldehydes is 1. The lowest BCUT2D eigenvalue weighted by atomic mass is 10.1. The van der Waals surface area contributed by atoms with Crippen LogP contribution in [0.1, 0.15) is 5.56 Å². The number of carbonyl (C=O) groups excluding carboxylic acids is 2. The molecule has 0 N–H and O–H groups in total. The van der Waals surface area contributed by atoms with Crippen LogP contribution in [0.5, 0.6) is 5.75 Å². The van der Waals surface area contributed by atoms with Gasteiger partial charge >= 0.3 is 0 Å². The summed E-state index contributed by atoms with van der Waals surface area (Å²) in [5, 5.41) is 0. The van der Waals surface area contributed by atoms with E-state index >= 15 is 0 Å². The minimum Gasteiger partial charge on any atom is -0.497 e. The van der Waals surface area contributed by atoms with Crippen molar-refractivity contribution in [1.82, 2.24) is 4.90 Å². The van der Waals surface area contributed by atoms with Crippen molar-refractivity contribution in [3.8, 4) is 5.75 Å². The lowest BCUT2D eigenvalue weighted by molar-refractivity contribution is -0.130. The van der Waals surface area contributed by atoms with Gasteiger partial charge < -0.3 is 9.64 Å². The Balaban J connectivity index is 1.79. The number of nitrogens with zero attached hydrogens (tertiary/aromatic N) is 2. The maximum absolute atomic E-state index is 12.1. The highest BCUT2D eigenvalue weighted by molar-refractivity contribution is 9.10. The molecule has 1 aliphatic rings. The fourth-order valence-electron chi connectivity index (χ4n) is 3.07. The van der Waals surface area contributed by atoms with Gasteiger partial charge in [0.2, 0.25) is 5.78 Å². The van der Waals surface area contributed by atoms with Crippen LogP contribution in [0.25, 0.3) is 0 Å². The van der Waals surface area contributed by atoms with E-state index in [0.717, 1.165) is 21.5 Å². The third-order valence-corrected chi connectivity index (χ3v) is 4.83. The van der Waals surface area contributed by atoms with Crippen LogP contribution in [0.3, 0.4) is 0 Å². The molecule has 1 aliphatic heterocycles. The number of halogens is 1. The van der Waals surface area contributed by atoms with Crippen molar-refractivity contribution in [3.63, 3.8) is 0 Å². The molecule has 1 unspecified atom stereocenters. The molecule has 5 nitrogen and oxygen atoms in total. The summed E-state index contributed by atoms with van der Waals surface area (Å²) in [4.78, 5) is 27.3. The number of ether oxygens (including phenoxy) is 1. The molecule has 0 bridgehead atoms. The molecule has 0 amide bonds. The normalized spacial score (nSPS) is 17.5. The van der Waals surface area contributed by atoms with Crippen LogP contribution >= 0.6 is 15.9 Å². The van der Waals surface area contributed by atoms with E-state index in [9.17, 15) is 9.59 Å². The van der Waals surface area contributed by atoms with Gasteiger partial charge in [0.15, 0.2) is 6.29 Å². The van der Waals surface area contributed by atoms with E-state index in [-0.39, 0.29) is 0 Å². The van der Waals surface area contributed by atoms with Gasteiger partial charge in [0, 0.05) is 23.2 Å². The Morgan fingerprint density at radius 2 is 2.04 bits per heavy atom. The third-order valence-electron chi connectivity index (χ3n) is 4.30. The number of hydrogen-bond donors (Lipinski definition) is 0. The molecule has 130 valence electrons. The standard InChI is InChI=1S/C19H19BrN2O3/c1-25-17-4-2-3-14(9-17)10-21-11-18(19(24)12-23)22(13-21)16-7-5-15(20)6-8-16/h2-9,12,18H,10-11,13H2,1H3. The Kier molecular flexibility index (Phi) is 5.50. The Morgan fingerprint density at radius 3 is 2.72 bits per heavy atom. The van der Waals surface area contributed by atoms with Crippen molar-refractivity contribution in [2.24, 2.45) is 0 Å². The van der Waals surface area contributed by atoms with Gasteiger partial charge in [0.1, 0.15) is 11.8 Å². The molecule has 2 aromatic rings. The topological polar surface area (TPSA) is 49.9 Å². The summed E-state index contributed by atoms with van der Waals surface area (Å²) in [5.41, 5.74) is 2.03. The highest BCUT2D eigenvalue weighted by atomic mass is 79.9. The number of methoxy groups -OCH3 is 1. The number of hydrogen-bond acceptors (Lipinski definition) is 5. The van der Waals surface area contributed by atoms with Crippen molar-refractivity contribution in [1.29, 1.82) is 0 Å². The van der Waals surface area contributed by atoms with Gasteiger partial charge in [-0.25, -0.2) is 0 Å². The van der Waals surface area contributed by atoms with Crippen LogP contribution in [-0.4, -0.2) is 43.3 Å². The molecule has 6 heteroatoms. The Morgan fingerprint density at radius 1 is 1.28 bits per heavy atom. The molecule has 0 saturated carbocycles. The van der Waals surface area contributed by atoms with Crippen molar-refractivity contribution in [2.75, 3.05) is 25.2 Å². The largest absolute Gasteiger partial charge is 0.497 e. The Hall–Kier alpha value is -2.18. The summed E-state index contributed by atoms with van der Waals surface area (Å²) < 4.78 is 6.24. The van der Waals surface area contributed by atoms with Gasteiger partial charge in [-0.3, -0.25) is 14.5 Å². The van der Waals surface area contributed by atoms with Crippen LogP contribution in [0, 0.1) is 0 Å². The van der Waals surface area contributed by atoms with Gasteiger partial charge in [0.05, 0.1) is 13.8 Å². The predicted octanol–water partition coefficient (Wildman–Crippen LogP) is 2.87. The van der Waals surface area contributed by atoms with Gasteiger partial charge in [0.25, 0.3) is 0 Å². The molecule has 1 heterocycles. The van der Waals surface area contributed by atoms with Crippen LogP contribution < -0.4 is 9.64 Å². The first-order chi connectivity index (χ1) is 12.1. The molecule has 0 aromatic heterocycles. The maximum atomic E-state index is 12.1. The Labute approximate surface area is 155 Å². The van der Waals surface area contributed by atoms with Crippen LogP contribution in [0.2, 0.25) is 0 Å². The van der Waals surface area contributed by atoms with Crippen molar-refractivity contribution >= 4 is 33.7 Å². The molecular formula is C19H19BrN2O3. The summed E-state index contributed by atoms with van der Waals surface area (Å²) in [6, 6.07) is 15.2. The molecule has 1 atom stereocenters. The van der Waals surface area contributed by atoms with Crippen LogP contribution in [0.15, 0.2) is 53.0 Å². The lowest BCUT2D eigenvalue weighted by Crippen LogP contribution is -2.38. The van der Waals surface area contributed by atoms with E-state index in [4.69, 9.17) is 4.74 Å². The van der Waals surface area contributed by atoms with Crippen LogP contribution in [0.4, 0.5) is 5.69 Å². The molecule has 25 heavy (non-hydrogen) atoms. The first-order valence-corrected chi connectivity index (χ1v) is 8.76. The molecule has 0 spiro atoms. The van der Waals surface area contributed by atoms with Gasteiger partial charge in [-0.05, 0) is 42.0 Å². The highest BCUT2D eigenvalue weighted by Crippen LogP contribution is 2.26. The SMILES string of the molecule is COc1cccc(CN2CC(C(=O)C=O)N(c3ccc(Br)cc3)C2)c1. The van der Waals surface area contributed by atoms with E-state index in [0.29, 0.717) is 26.0 Å². The predicted molar refractivity (Wildman–Crippen MR) is 99.8 cm³/mol. The van der Waals surface area contributed by atoms with Crippen molar-refractivity contribution < 1.29 is 14.3 Å². The first kappa shape index (κ1) is 17.6. The smallest absolute Gasteiger partial charge is 0.218 e. The van der Waals surface area contributed by atoms with Gasteiger partial charge in [-0.15, -0.1) is 0 Å². The average molecular weight is 403 g/mol. The minimum atomic E-state index is -0.454. The summed E-state index contributed by atoms with van der Waals surface area (Å²) in [6.07, 6.45) is 0.422. The average Bonchev–Trinajstić information content (AvgIpc) is 3.05.